The normalized spacial score (nSPS) is 14.2. The summed E-state index contributed by atoms with van der Waals surface area (Å²) in [5.74, 6) is 0.471. The van der Waals surface area contributed by atoms with E-state index in [9.17, 15) is 4.79 Å². The molecule has 1 fully saturated rings. The van der Waals surface area contributed by atoms with E-state index in [2.05, 4.69) is 25.6 Å². The Morgan fingerprint density at radius 1 is 1.04 bits per heavy atom. The van der Waals surface area contributed by atoms with Gasteiger partial charge in [0.25, 0.3) is 0 Å². The van der Waals surface area contributed by atoms with Crippen molar-refractivity contribution in [3.05, 3.63) is 48.7 Å². The van der Waals surface area contributed by atoms with Crippen LogP contribution in [0.2, 0.25) is 0 Å². The summed E-state index contributed by atoms with van der Waals surface area (Å²) in [6, 6.07) is 13.4. The smallest absolute Gasteiger partial charge is 0.320 e. The molecule has 1 aliphatic carbocycles. The molecule has 2 amide bonds. The number of hydrogen-bond acceptors (Lipinski definition) is 4. The minimum absolute atomic E-state index is 0.223. The molecule has 0 radical (unpaired) electrons. The fourth-order valence-corrected chi connectivity index (χ4v) is 2.61. The number of aromatic nitrogens is 3. The molecule has 2 aromatic heterocycles. The van der Waals surface area contributed by atoms with Crippen molar-refractivity contribution in [2.24, 2.45) is 0 Å². The van der Waals surface area contributed by atoms with Crippen LogP contribution in [0.3, 0.4) is 0 Å². The van der Waals surface area contributed by atoms with Crippen molar-refractivity contribution in [1.29, 1.82) is 0 Å². The molecular weight excluding hydrogens is 302 g/mol. The van der Waals surface area contributed by atoms with Gasteiger partial charge in [-0.3, -0.25) is 10.3 Å². The van der Waals surface area contributed by atoms with Crippen molar-refractivity contribution in [1.82, 2.24) is 20.3 Å². The molecule has 6 heteroatoms. The van der Waals surface area contributed by atoms with Crippen molar-refractivity contribution >= 4 is 23.0 Å². The van der Waals surface area contributed by atoms with Crippen LogP contribution in [-0.2, 0) is 0 Å². The highest BCUT2D eigenvalue weighted by molar-refractivity contribution is 5.89. The summed E-state index contributed by atoms with van der Waals surface area (Å²) in [6.45, 7) is 0. The SMILES string of the molecule is O=C(Nc1ccc2ncc(-c3ccccc3)nc2n1)NC1CCC1. The Kier molecular flexibility index (Phi) is 3.78. The molecule has 0 atom stereocenters. The zero-order valence-electron chi connectivity index (χ0n) is 13.1. The molecule has 0 bridgehead atoms. The number of benzene rings is 1. The average Bonchev–Trinajstić information content (AvgIpc) is 2.58. The number of nitrogens with one attached hydrogen (secondary N) is 2. The summed E-state index contributed by atoms with van der Waals surface area (Å²) >= 11 is 0. The Labute approximate surface area is 139 Å². The summed E-state index contributed by atoms with van der Waals surface area (Å²) in [5.41, 5.74) is 2.94. The predicted octanol–water partition coefficient (Wildman–Crippen LogP) is 3.37. The minimum atomic E-state index is -0.223. The third-order valence-electron chi connectivity index (χ3n) is 4.16. The van der Waals surface area contributed by atoms with Crippen molar-refractivity contribution in [3.63, 3.8) is 0 Å². The highest BCUT2D eigenvalue weighted by Crippen LogP contribution is 2.20. The van der Waals surface area contributed by atoms with Crippen LogP contribution in [0.15, 0.2) is 48.7 Å². The van der Waals surface area contributed by atoms with E-state index in [0.29, 0.717) is 17.0 Å². The molecule has 24 heavy (non-hydrogen) atoms. The van der Waals surface area contributed by atoms with Crippen LogP contribution in [0.5, 0.6) is 0 Å². The fourth-order valence-electron chi connectivity index (χ4n) is 2.61. The third-order valence-corrected chi connectivity index (χ3v) is 4.16. The van der Waals surface area contributed by atoms with E-state index in [4.69, 9.17) is 0 Å². The zero-order chi connectivity index (χ0) is 16.4. The van der Waals surface area contributed by atoms with Crippen LogP contribution in [0.4, 0.5) is 10.6 Å². The molecule has 2 heterocycles. The summed E-state index contributed by atoms with van der Waals surface area (Å²) in [4.78, 5) is 25.3. The van der Waals surface area contributed by atoms with Crippen LogP contribution < -0.4 is 10.6 Å². The molecule has 1 aliphatic rings. The van der Waals surface area contributed by atoms with Crippen LogP contribution in [0.1, 0.15) is 19.3 Å². The zero-order valence-corrected chi connectivity index (χ0v) is 13.1. The third kappa shape index (κ3) is 3.03. The maximum absolute atomic E-state index is 11.9. The molecular formula is C18H17N5O. The van der Waals surface area contributed by atoms with Gasteiger partial charge in [0, 0.05) is 11.6 Å². The predicted molar refractivity (Wildman–Crippen MR) is 92.6 cm³/mol. The van der Waals surface area contributed by atoms with Crippen molar-refractivity contribution < 1.29 is 4.79 Å². The Hall–Kier alpha value is -3.02. The molecule has 0 aliphatic heterocycles. The summed E-state index contributed by atoms with van der Waals surface area (Å²) in [7, 11) is 0. The van der Waals surface area contributed by atoms with Gasteiger partial charge in [-0.05, 0) is 31.4 Å². The highest BCUT2D eigenvalue weighted by Gasteiger charge is 2.19. The van der Waals surface area contributed by atoms with Gasteiger partial charge < -0.3 is 5.32 Å². The second-order valence-corrected chi connectivity index (χ2v) is 5.89. The van der Waals surface area contributed by atoms with Crippen LogP contribution in [-0.4, -0.2) is 27.0 Å². The van der Waals surface area contributed by atoms with Gasteiger partial charge in [-0.25, -0.2) is 14.8 Å². The van der Waals surface area contributed by atoms with E-state index in [0.717, 1.165) is 24.1 Å². The van der Waals surface area contributed by atoms with E-state index in [-0.39, 0.29) is 12.1 Å². The lowest BCUT2D eigenvalue weighted by Gasteiger charge is -2.26. The number of hydrogen-bond donors (Lipinski definition) is 2. The van der Waals surface area contributed by atoms with Crippen LogP contribution in [0, 0.1) is 0 Å². The lowest BCUT2D eigenvalue weighted by molar-refractivity contribution is 0.240. The maximum Gasteiger partial charge on any atom is 0.320 e. The van der Waals surface area contributed by atoms with Gasteiger partial charge in [0.1, 0.15) is 11.3 Å². The van der Waals surface area contributed by atoms with Gasteiger partial charge in [-0.2, -0.15) is 0 Å². The van der Waals surface area contributed by atoms with Gasteiger partial charge in [0.15, 0.2) is 5.65 Å². The molecule has 6 nitrogen and oxygen atoms in total. The maximum atomic E-state index is 11.9. The van der Waals surface area contributed by atoms with Gasteiger partial charge in [0.2, 0.25) is 0 Å². The number of nitrogens with zero attached hydrogens (tertiary/aromatic N) is 3. The van der Waals surface area contributed by atoms with Gasteiger partial charge in [-0.15, -0.1) is 0 Å². The molecule has 2 N–H and O–H groups in total. The second kappa shape index (κ2) is 6.23. The standard InChI is InChI=1S/C18H17N5O/c24-18(20-13-7-4-8-13)23-16-10-9-14-17(22-16)21-15(11-19-14)12-5-2-1-3-6-12/h1-3,5-6,9-11,13H,4,7-8H2,(H2,20,21,22,23,24). The Bertz CT molecular complexity index is 877. The van der Waals surface area contributed by atoms with Crippen molar-refractivity contribution in [2.45, 2.75) is 25.3 Å². The van der Waals surface area contributed by atoms with Gasteiger partial charge >= 0.3 is 6.03 Å². The number of pyridine rings is 1. The fraction of sp³-hybridized carbons (Fsp3) is 0.222. The number of amides is 2. The first-order chi connectivity index (χ1) is 11.8. The molecule has 0 unspecified atom stereocenters. The largest absolute Gasteiger partial charge is 0.335 e. The van der Waals surface area contributed by atoms with E-state index < -0.39 is 0 Å². The molecule has 120 valence electrons. The molecule has 0 spiro atoms. The minimum Gasteiger partial charge on any atom is -0.335 e. The van der Waals surface area contributed by atoms with E-state index in [1.807, 2.05) is 36.4 Å². The van der Waals surface area contributed by atoms with Crippen molar-refractivity contribution in [3.8, 4) is 11.3 Å². The Morgan fingerprint density at radius 2 is 1.88 bits per heavy atom. The summed E-state index contributed by atoms with van der Waals surface area (Å²) in [5, 5.41) is 5.69. The van der Waals surface area contributed by atoms with E-state index in [1.54, 1.807) is 12.3 Å². The first-order valence-electron chi connectivity index (χ1n) is 8.05. The quantitative estimate of drug-likeness (QED) is 0.775. The molecule has 1 saturated carbocycles. The first-order valence-corrected chi connectivity index (χ1v) is 8.05. The molecule has 3 aromatic rings. The number of carbonyl (C=O) groups excluding carboxylic acids is 1. The monoisotopic (exact) mass is 319 g/mol. The molecule has 0 saturated heterocycles. The number of carbonyl (C=O) groups is 1. The number of urea groups is 1. The summed E-state index contributed by atoms with van der Waals surface area (Å²) < 4.78 is 0. The lowest BCUT2D eigenvalue weighted by Crippen LogP contribution is -2.41. The van der Waals surface area contributed by atoms with Crippen molar-refractivity contribution in [2.75, 3.05) is 5.32 Å². The van der Waals surface area contributed by atoms with Gasteiger partial charge in [-0.1, -0.05) is 30.3 Å². The van der Waals surface area contributed by atoms with Gasteiger partial charge in [0.05, 0.1) is 11.9 Å². The lowest BCUT2D eigenvalue weighted by atomic mass is 9.93. The van der Waals surface area contributed by atoms with E-state index in [1.165, 1.54) is 6.42 Å². The average molecular weight is 319 g/mol. The van der Waals surface area contributed by atoms with Crippen LogP contribution in [0.25, 0.3) is 22.4 Å². The number of fused-ring (bicyclic) bond motifs is 1. The summed E-state index contributed by atoms with van der Waals surface area (Å²) in [6.07, 6.45) is 5.00. The first kappa shape index (κ1) is 14.6. The second-order valence-electron chi connectivity index (χ2n) is 5.89. The Balaban J connectivity index is 1.58. The molecule has 1 aromatic carbocycles. The number of rotatable bonds is 3. The topological polar surface area (TPSA) is 79.8 Å². The number of anilines is 1. The van der Waals surface area contributed by atoms with Crippen LogP contribution >= 0.6 is 0 Å². The Morgan fingerprint density at radius 3 is 2.62 bits per heavy atom. The van der Waals surface area contributed by atoms with E-state index >= 15 is 0 Å². The highest BCUT2D eigenvalue weighted by atomic mass is 16.2. The molecule has 4 rings (SSSR count).